The van der Waals surface area contributed by atoms with E-state index in [1.165, 1.54) is 0 Å². The van der Waals surface area contributed by atoms with Gasteiger partial charge in [0.2, 0.25) is 0 Å². The molecule has 0 aliphatic rings. The third-order valence-electron chi connectivity index (χ3n) is 3.27. The Kier molecular flexibility index (Phi) is 4.37. The summed E-state index contributed by atoms with van der Waals surface area (Å²) in [7, 11) is 3.76. The fourth-order valence-electron chi connectivity index (χ4n) is 2.38. The van der Waals surface area contributed by atoms with E-state index in [4.69, 9.17) is 4.74 Å². The van der Waals surface area contributed by atoms with Crippen LogP contribution in [0.2, 0.25) is 0 Å². The largest absolute Gasteiger partial charge is 0.380 e. The molecule has 0 saturated heterocycles. The number of fused-ring (bicyclic) bond motifs is 1. The van der Waals surface area contributed by atoms with Gasteiger partial charge in [-0.3, -0.25) is 4.40 Å². The molecule has 18 heavy (non-hydrogen) atoms. The summed E-state index contributed by atoms with van der Waals surface area (Å²) in [4.78, 5) is 5.68. The van der Waals surface area contributed by atoms with Crippen molar-refractivity contribution in [2.75, 3.05) is 14.2 Å². The fraction of sp³-hybridized carbons (Fsp3) is 0.615. The van der Waals surface area contributed by atoms with E-state index >= 15 is 0 Å². The van der Waals surface area contributed by atoms with Crippen LogP contribution in [0.4, 0.5) is 0 Å². The highest BCUT2D eigenvalue weighted by Crippen LogP contribution is 2.17. The van der Waals surface area contributed by atoms with Crippen molar-refractivity contribution < 1.29 is 4.74 Å². The van der Waals surface area contributed by atoms with Gasteiger partial charge in [0, 0.05) is 37.3 Å². The summed E-state index contributed by atoms with van der Waals surface area (Å²) in [5, 5.41) is 5.40. The van der Waals surface area contributed by atoms with Crippen molar-refractivity contribution in [1.29, 1.82) is 0 Å². The topological polar surface area (TPSA) is 38.6 Å². The molecular weight excluding hydrogens is 246 g/mol. The number of aromatic nitrogens is 2. The summed E-state index contributed by atoms with van der Waals surface area (Å²) in [6.07, 6.45) is 5.24. The van der Waals surface area contributed by atoms with Crippen LogP contribution in [-0.2, 0) is 11.2 Å². The van der Waals surface area contributed by atoms with Gasteiger partial charge in [0.25, 0.3) is 0 Å². The summed E-state index contributed by atoms with van der Waals surface area (Å²) >= 11 is 1.66. The molecule has 100 valence electrons. The Bertz CT molecular complexity index is 463. The number of hydrogen-bond acceptors (Lipinski definition) is 4. The number of likely N-dealkylation sites (N-methyl/N-ethyl adjacent to an activating group) is 1. The maximum Gasteiger partial charge on any atom is 0.193 e. The van der Waals surface area contributed by atoms with Crippen molar-refractivity contribution in [2.45, 2.75) is 32.4 Å². The highest BCUT2D eigenvalue weighted by Gasteiger charge is 2.24. The van der Waals surface area contributed by atoms with E-state index in [2.05, 4.69) is 34.7 Å². The molecule has 0 saturated carbocycles. The van der Waals surface area contributed by atoms with Gasteiger partial charge < -0.3 is 10.1 Å². The number of rotatable bonds is 6. The summed E-state index contributed by atoms with van der Waals surface area (Å²) in [5.41, 5.74) is 1.11. The van der Waals surface area contributed by atoms with E-state index in [1.54, 1.807) is 18.4 Å². The zero-order valence-corrected chi connectivity index (χ0v) is 12.2. The van der Waals surface area contributed by atoms with E-state index < -0.39 is 0 Å². The van der Waals surface area contributed by atoms with Crippen molar-refractivity contribution in [1.82, 2.24) is 14.7 Å². The molecule has 4 nitrogen and oxygen atoms in total. The molecule has 2 aromatic rings. The number of hydrogen-bond donors (Lipinski definition) is 1. The zero-order valence-electron chi connectivity index (χ0n) is 11.4. The van der Waals surface area contributed by atoms with Gasteiger partial charge in [0.15, 0.2) is 4.96 Å². The molecule has 0 fully saturated rings. The predicted molar refractivity (Wildman–Crippen MR) is 75.3 cm³/mol. The fourth-order valence-corrected chi connectivity index (χ4v) is 3.10. The van der Waals surface area contributed by atoms with Gasteiger partial charge in [-0.05, 0) is 13.0 Å². The molecule has 0 aliphatic carbocycles. The lowest BCUT2D eigenvalue weighted by atomic mass is 9.96. The third kappa shape index (κ3) is 2.74. The molecule has 2 unspecified atom stereocenters. The van der Waals surface area contributed by atoms with Crippen LogP contribution in [0.1, 0.15) is 19.5 Å². The van der Waals surface area contributed by atoms with Crippen molar-refractivity contribution in [2.24, 2.45) is 5.92 Å². The molecule has 0 bridgehead atoms. The number of nitrogens with zero attached hydrogens (tertiary/aromatic N) is 2. The molecule has 2 heterocycles. The van der Waals surface area contributed by atoms with Crippen LogP contribution >= 0.6 is 11.3 Å². The number of ether oxygens (including phenoxy) is 1. The van der Waals surface area contributed by atoms with Crippen molar-refractivity contribution in [3.05, 3.63) is 23.5 Å². The quantitative estimate of drug-likeness (QED) is 0.872. The van der Waals surface area contributed by atoms with Crippen LogP contribution in [0.15, 0.2) is 17.8 Å². The first-order chi connectivity index (χ1) is 8.65. The molecule has 1 N–H and O–H groups in total. The zero-order chi connectivity index (χ0) is 13.1. The second-order valence-corrected chi connectivity index (χ2v) is 5.74. The Morgan fingerprint density at radius 1 is 1.50 bits per heavy atom. The van der Waals surface area contributed by atoms with Crippen LogP contribution in [0.3, 0.4) is 0 Å². The van der Waals surface area contributed by atoms with Gasteiger partial charge in [0.1, 0.15) is 0 Å². The average molecular weight is 267 g/mol. The number of imidazole rings is 1. The van der Waals surface area contributed by atoms with Gasteiger partial charge in [-0.25, -0.2) is 4.98 Å². The summed E-state index contributed by atoms with van der Waals surface area (Å²) in [6.45, 7) is 4.37. The van der Waals surface area contributed by atoms with Gasteiger partial charge in [0.05, 0.1) is 11.8 Å². The monoisotopic (exact) mass is 267 g/mol. The van der Waals surface area contributed by atoms with E-state index in [0.717, 1.165) is 17.1 Å². The summed E-state index contributed by atoms with van der Waals surface area (Å²) in [6, 6.07) is 0.291. The lowest BCUT2D eigenvalue weighted by Gasteiger charge is -2.28. The molecule has 5 heteroatoms. The molecule has 0 aromatic carbocycles. The standard InChI is InChI=1S/C13H21N3OS/c1-9(2)12(17-4)11(14-3)7-10-8-16-5-6-18-13(16)15-10/h5-6,8-9,11-12,14H,7H2,1-4H3. The second kappa shape index (κ2) is 5.82. The van der Waals surface area contributed by atoms with Gasteiger partial charge in [-0.15, -0.1) is 11.3 Å². The van der Waals surface area contributed by atoms with E-state index in [9.17, 15) is 0 Å². The lowest BCUT2D eigenvalue weighted by molar-refractivity contribution is 0.0352. The molecule has 2 aromatic heterocycles. The van der Waals surface area contributed by atoms with E-state index in [0.29, 0.717) is 12.0 Å². The van der Waals surface area contributed by atoms with Gasteiger partial charge >= 0.3 is 0 Å². The van der Waals surface area contributed by atoms with Crippen LogP contribution in [0.25, 0.3) is 4.96 Å². The molecule has 2 rings (SSSR count). The lowest BCUT2D eigenvalue weighted by Crippen LogP contribution is -2.43. The second-order valence-electron chi connectivity index (χ2n) is 4.87. The maximum atomic E-state index is 5.60. The summed E-state index contributed by atoms with van der Waals surface area (Å²) in [5.74, 6) is 0.483. The molecule has 0 radical (unpaired) electrons. The maximum absolute atomic E-state index is 5.60. The van der Waals surface area contributed by atoms with Crippen molar-refractivity contribution in [3.8, 4) is 0 Å². The van der Waals surface area contributed by atoms with Crippen LogP contribution in [0, 0.1) is 5.92 Å². The highest BCUT2D eigenvalue weighted by atomic mass is 32.1. The van der Waals surface area contributed by atoms with E-state index in [-0.39, 0.29) is 6.10 Å². The van der Waals surface area contributed by atoms with E-state index in [1.807, 2.05) is 18.6 Å². The summed E-state index contributed by atoms with van der Waals surface area (Å²) < 4.78 is 7.67. The molecular formula is C13H21N3OS. The van der Waals surface area contributed by atoms with Crippen LogP contribution in [0.5, 0.6) is 0 Å². The van der Waals surface area contributed by atoms with Crippen LogP contribution in [-0.4, -0.2) is 35.7 Å². The van der Waals surface area contributed by atoms with Crippen molar-refractivity contribution >= 4 is 16.3 Å². The highest BCUT2D eigenvalue weighted by molar-refractivity contribution is 7.15. The minimum atomic E-state index is 0.203. The van der Waals surface area contributed by atoms with Gasteiger partial charge in [-0.1, -0.05) is 13.8 Å². The Labute approximate surface area is 112 Å². The first kappa shape index (κ1) is 13.5. The van der Waals surface area contributed by atoms with Gasteiger partial charge in [-0.2, -0.15) is 0 Å². The molecule has 0 amide bonds. The Hall–Kier alpha value is -0.910. The molecule has 0 spiro atoms. The molecule has 0 aliphatic heterocycles. The minimum Gasteiger partial charge on any atom is -0.380 e. The smallest absolute Gasteiger partial charge is 0.193 e. The van der Waals surface area contributed by atoms with Crippen LogP contribution < -0.4 is 5.32 Å². The normalized spacial score (nSPS) is 15.4. The minimum absolute atomic E-state index is 0.203. The average Bonchev–Trinajstić information content (AvgIpc) is 2.88. The predicted octanol–water partition coefficient (Wildman–Crippen LogP) is 2.20. The first-order valence-corrected chi connectivity index (χ1v) is 7.14. The number of nitrogens with one attached hydrogen (secondary N) is 1. The SMILES string of the molecule is CNC(Cc1cn2ccsc2n1)C(OC)C(C)C. The Morgan fingerprint density at radius 3 is 2.83 bits per heavy atom. The number of thiazole rings is 1. The number of methoxy groups -OCH3 is 1. The Morgan fingerprint density at radius 2 is 2.28 bits per heavy atom. The third-order valence-corrected chi connectivity index (χ3v) is 4.04. The first-order valence-electron chi connectivity index (χ1n) is 6.26. The van der Waals surface area contributed by atoms with Crippen molar-refractivity contribution in [3.63, 3.8) is 0 Å². The Balaban J connectivity index is 2.12. The molecule has 2 atom stereocenters.